The lowest BCUT2D eigenvalue weighted by atomic mass is 9.46. The van der Waals surface area contributed by atoms with Crippen LogP contribution in [0.1, 0.15) is 25.3 Å². The van der Waals surface area contributed by atoms with Crippen LogP contribution in [-0.2, 0) is 11.3 Å². The SMILES string of the molecule is C[C@@]12CC[C@H]3C4=C(C1N=NC(OCc1ccccc1F)=C4)C32. The van der Waals surface area contributed by atoms with Crippen molar-refractivity contribution in [1.29, 1.82) is 0 Å². The Morgan fingerprint density at radius 3 is 3.09 bits per heavy atom. The molecule has 5 rings (SSSR count). The maximum absolute atomic E-state index is 13.7. The van der Waals surface area contributed by atoms with Crippen LogP contribution in [0.5, 0.6) is 0 Å². The highest BCUT2D eigenvalue weighted by Crippen LogP contribution is 2.73. The van der Waals surface area contributed by atoms with Crippen molar-refractivity contribution >= 4 is 0 Å². The monoisotopic (exact) mass is 296 g/mol. The number of nitrogens with zero attached hydrogens (tertiary/aromatic N) is 2. The second-order valence-corrected chi connectivity index (χ2v) is 7.02. The molecule has 1 aromatic carbocycles. The Morgan fingerprint density at radius 1 is 1.36 bits per heavy atom. The molecule has 112 valence electrons. The highest BCUT2D eigenvalue weighted by Gasteiger charge is 2.69. The molecule has 4 heteroatoms. The number of hydrogen-bond acceptors (Lipinski definition) is 3. The van der Waals surface area contributed by atoms with Gasteiger partial charge in [0.25, 0.3) is 0 Å². The fraction of sp³-hybridized carbons (Fsp3) is 0.444. The van der Waals surface area contributed by atoms with Gasteiger partial charge in [0, 0.05) is 17.1 Å². The van der Waals surface area contributed by atoms with Crippen molar-refractivity contribution in [3.05, 3.63) is 58.8 Å². The van der Waals surface area contributed by atoms with Gasteiger partial charge in [-0.3, -0.25) is 0 Å². The van der Waals surface area contributed by atoms with Crippen molar-refractivity contribution in [3.8, 4) is 0 Å². The normalized spacial score (nSPS) is 37.0. The predicted molar refractivity (Wildman–Crippen MR) is 79.3 cm³/mol. The van der Waals surface area contributed by atoms with Crippen LogP contribution in [0.3, 0.4) is 0 Å². The van der Waals surface area contributed by atoms with Gasteiger partial charge in [-0.2, -0.15) is 5.11 Å². The zero-order chi connectivity index (χ0) is 14.9. The number of ether oxygens (including phenoxy) is 1. The maximum atomic E-state index is 13.7. The standard InChI is InChI=1S/C18H17FN2O/c1-18-7-6-11-12-8-14(20-21-17(18)15(12)16(11)18)22-9-10-4-2-3-5-13(10)19/h2-5,8,11,16-17H,6-7,9H2,1H3/t11-,16?,17?,18-/m0/s1. The van der Waals surface area contributed by atoms with Crippen molar-refractivity contribution in [1.82, 2.24) is 0 Å². The van der Waals surface area contributed by atoms with Gasteiger partial charge in [-0.25, -0.2) is 4.39 Å². The Morgan fingerprint density at radius 2 is 2.23 bits per heavy atom. The van der Waals surface area contributed by atoms with Crippen molar-refractivity contribution < 1.29 is 9.13 Å². The molecule has 2 fully saturated rings. The van der Waals surface area contributed by atoms with E-state index in [1.807, 2.05) is 12.1 Å². The number of azo groups is 1. The fourth-order valence-corrected chi connectivity index (χ4v) is 4.85. The van der Waals surface area contributed by atoms with Crippen molar-refractivity contribution in [2.24, 2.45) is 27.5 Å². The quantitative estimate of drug-likeness (QED) is 0.815. The molecule has 0 spiro atoms. The summed E-state index contributed by atoms with van der Waals surface area (Å²) in [7, 11) is 0. The fourth-order valence-electron chi connectivity index (χ4n) is 4.85. The number of hydrogen-bond donors (Lipinski definition) is 0. The third kappa shape index (κ3) is 1.40. The summed E-state index contributed by atoms with van der Waals surface area (Å²) < 4.78 is 19.4. The minimum absolute atomic E-state index is 0.191. The lowest BCUT2D eigenvalue weighted by Gasteiger charge is -2.58. The molecule has 1 aliphatic heterocycles. The first-order chi connectivity index (χ1) is 10.7. The van der Waals surface area contributed by atoms with E-state index >= 15 is 0 Å². The molecule has 0 amide bonds. The van der Waals surface area contributed by atoms with Crippen LogP contribution in [0.15, 0.2) is 57.6 Å². The summed E-state index contributed by atoms with van der Waals surface area (Å²) in [6.45, 7) is 2.53. The first-order valence-corrected chi connectivity index (χ1v) is 7.91. The third-order valence-electron chi connectivity index (χ3n) is 5.98. The summed E-state index contributed by atoms with van der Waals surface area (Å²) >= 11 is 0. The van der Waals surface area contributed by atoms with Gasteiger partial charge in [0.15, 0.2) is 0 Å². The van der Waals surface area contributed by atoms with E-state index in [4.69, 9.17) is 4.74 Å². The van der Waals surface area contributed by atoms with Crippen molar-refractivity contribution in [2.45, 2.75) is 32.4 Å². The van der Waals surface area contributed by atoms with E-state index in [-0.39, 0.29) is 18.5 Å². The highest BCUT2D eigenvalue weighted by atomic mass is 19.1. The Kier molecular flexibility index (Phi) is 2.32. The first-order valence-electron chi connectivity index (χ1n) is 7.91. The molecule has 1 aromatic rings. The van der Waals surface area contributed by atoms with Crippen LogP contribution < -0.4 is 0 Å². The molecular formula is C18H17FN2O. The topological polar surface area (TPSA) is 34.0 Å². The van der Waals surface area contributed by atoms with E-state index in [1.165, 1.54) is 30.1 Å². The molecule has 0 N–H and O–H groups in total. The number of allylic oxidation sites excluding steroid dienone is 2. The average Bonchev–Trinajstić information content (AvgIpc) is 2.60. The summed E-state index contributed by atoms with van der Waals surface area (Å²) in [5.74, 6) is 1.68. The van der Waals surface area contributed by atoms with Crippen molar-refractivity contribution in [3.63, 3.8) is 0 Å². The summed E-state index contributed by atoms with van der Waals surface area (Å²) in [4.78, 5) is 0. The molecule has 1 heterocycles. The number of benzene rings is 1. The largest absolute Gasteiger partial charge is 0.472 e. The Labute approximate surface area is 128 Å². The van der Waals surface area contributed by atoms with Crippen LogP contribution >= 0.6 is 0 Å². The van der Waals surface area contributed by atoms with Gasteiger partial charge in [0.05, 0.1) is 6.04 Å². The van der Waals surface area contributed by atoms with Gasteiger partial charge >= 0.3 is 0 Å². The molecule has 2 saturated carbocycles. The Balaban J connectivity index is 1.40. The molecular weight excluding hydrogens is 279 g/mol. The first kappa shape index (κ1) is 12.6. The summed E-state index contributed by atoms with van der Waals surface area (Å²) in [6.07, 6.45) is 4.53. The summed E-state index contributed by atoms with van der Waals surface area (Å²) in [5, 5.41) is 8.81. The van der Waals surface area contributed by atoms with E-state index in [9.17, 15) is 4.39 Å². The molecule has 0 saturated heterocycles. The van der Waals surface area contributed by atoms with Crippen LogP contribution in [0.25, 0.3) is 0 Å². The molecule has 4 aliphatic rings. The molecule has 3 aliphatic carbocycles. The zero-order valence-electron chi connectivity index (χ0n) is 12.4. The molecule has 3 nitrogen and oxygen atoms in total. The number of rotatable bonds is 3. The molecule has 0 bridgehead atoms. The third-order valence-corrected chi connectivity index (χ3v) is 5.98. The van der Waals surface area contributed by atoms with E-state index in [1.54, 1.807) is 12.1 Å². The van der Waals surface area contributed by atoms with Gasteiger partial charge in [-0.05, 0) is 41.9 Å². The summed E-state index contributed by atoms with van der Waals surface area (Å²) in [5.41, 5.74) is 3.74. The molecule has 0 aromatic heterocycles. The minimum atomic E-state index is -0.244. The van der Waals surface area contributed by atoms with E-state index < -0.39 is 0 Å². The van der Waals surface area contributed by atoms with E-state index in [2.05, 4.69) is 17.2 Å². The molecule has 2 unspecified atom stereocenters. The second-order valence-electron chi connectivity index (χ2n) is 7.02. The minimum Gasteiger partial charge on any atom is -0.472 e. The molecule has 4 atom stereocenters. The van der Waals surface area contributed by atoms with E-state index in [0.29, 0.717) is 22.8 Å². The van der Waals surface area contributed by atoms with Gasteiger partial charge in [0.2, 0.25) is 5.88 Å². The Bertz CT molecular complexity index is 766. The number of fused-ring (bicyclic) bond motifs is 2. The van der Waals surface area contributed by atoms with Crippen LogP contribution in [0.2, 0.25) is 0 Å². The zero-order valence-corrected chi connectivity index (χ0v) is 12.4. The van der Waals surface area contributed by atoms with Crippen LogP contribution in [-0.4, -0.2) is 6.04 Å². The van der Waals surface area contributed by atoms with Gasteiger partial charge < -0.3 is 4.74 Å². The van der Waals surface area contributed by atoms with Gasteiger partial charge in [0.1, 0.15) is 12.4 Å². The van der Waals surface area contributed by atoms with Gasteiger partial charge in [-0.15, -0.1) is 5.11 Å². The summed E-state index contributed by atoms with van der Waals surface area (Å²) in [6, 6.07) is 6.92. The molecule has 0 radical (unpaired) electrons. The Hall–Kier alpha value is -1.97. The average molecular weight is 296 g/mol. The highest BCUT2D eigenvalue weighted by molar-refractivity contribution is 5.55. The van der Waals surface area contributed by atoms with E-state index in [0.717, 1.165) is 5.92 Å². The second kappa shape index (κ2) is 4.06. The molecule has 22 heavy (non-hydrogen) atoms. The predicted octanol–water partition coefficient (Wildman–Crippen LogP) is 4.37. The van der Waals surface area contributed by atoms with Crippen LogP contribution in [0, 0.1) is 23.1 Å². The van der Waals surface area contributed by atoms with Gasteiger partial charge in [-0.1, -0.05) is 25.1 Å². The smallest absolute Gasteiger partial charge is 0.233 e. The number of halogens is 1. The lowest BCUT2D eigenvalue weighted by molar-refractivity contribution is 0.0833. The lowest BCUT2D eigenvalue weighted by Crippen LogP contribution is -2.56. The maximum Gasteiger partial charge on any atom is 0.233 e. The van der Waals surface area contributed by atoms with Crippen LogP contribution in [0.4, 0.5) is 4.39 Å². The van der Waals surface area contributed by atoms with Crippen molar-refractivity contribution in [2.75, 3.05) is 0 Å².